The molecule has 0 aliphatic carbocycles. The standard InChI is InChI=1S/C16H23ClFN3O2/c1-9(2)21-7-14(15(8-21)23-4)20-16(22)19-13-5-10(3)12(18)6-11(13)17/h5-6,9,14-15H,7-8H2,1-4H3,(H2,19,20,22). The quantitative estimate of drug-likeness (QED) is 0.883. The molecule has 1 fully saturated rings. The molecule has 2 N–H and O–H groups in total. The van der Waals surface area contributed by atoms with Crippen molar-refractivity contribution in [3.05, 3.63) is 28.5 Å². The molecule has 7 heteroatoms. The molecule has 0 spiro atoms. The van der Waals surface area contributed by atoms with Crippen molar-refractivity contribution in [1.82, 2.24) is 10.2 Å². The van der Waals surface area contributed by atoms with E-state index in [1.807, 2.05) is 0 Å². The van der Waals surface area contributed by atoms with Gasteiger partial charge in [0.15, 0.2) is 0 Å². The number of likely N-dealkylation sites (tertiary alicyclic amines) is 1. The van der Waals surface area contributed by atoms with Crippen LogP contribution in [0.5, 0.6) is 0 Å². The van der Waals surface area contributed by atoms with E-state index in [-0.39, 0.29) is 23.2 Å². The summed E-state index contributed by atoms with van der Waals surface area (Å²) >= 11 is 5.97. The minimum atomic E-state index is -0.399. The normalized spacial score (nSPS) is 21.7. The molecule has 0 bridgehead atoms. The van der Waals surface area contributed by atoms with E-state index in [2.05, 4.69) is 29.4 Å². The number of nitrogens with one attached hydrogen (secondary N) is 2. The third kappa shape index (κ3) is 4.34. The Labute approximate surface area is 141 Å². The van der Waals surface area contributed by atoms with Crippen LogP contribution < -0.4 is 10.6 Å². The van der Waals surface area contributed by atoms with Crippen LogP contribution in [0.15, 0.2) is 12.1 Å². The van der Waals surface area contributed by atoms with E-state index < -0.39 is 5.82 Å². The molecule has 5 nitrogen and oxygen atoms in total. The lowest BCUT2D eigenvalue weighted by molar-refractivity contribution is 0.0896. The molecule has 1 heterocycles. The first-order valence-corrected chi connectivity index (χ1v) is 7.99. The van der Waals surface area contributed by atoms with Gasteiger partial charge in [0, 0.05) is 26.2 Å². The number of benzene rings is 1. The molecule has 2 amide bonds. The first-order chi connectivity index (χ1) is 10.8. The summed E-state index contributed by atoms with van der Waals surface area (Å²) in [6, 6.07) is 2.61. The zero-order chi connectivity index (χ0) is 17.1. The summed E-state index contributed by atoms with van der Waals surface area (Å²) in [5.41, 5.74) is 0.807. The van der Waals surface area contributed by atoms with Crippen molar-refractivity contribution in [2.75, 3.05) is 25.5 Å². The second-order valence-corrected chi connectivity index (χ2v) is 6.52. The molecule has 2 atom stereocenters. The minimum absolute atomic E-state index is 0.0615. The van der Waals surface area contributed by atoms with Crippen molar-refractivity contribution in [2.45, 2.75) is 39.0 Å². The van der Waals surface area contributed by atoms with Crippen LogP contribution in [0.2, 0.25) is 5.02 Å². The molecule has 2 unspecified atom stereocenters. The van der Waals surface area contributed by atoms with E-state index in [0.717, 1.165) is 13.1 Å². The van der Waals surface area contributed by atoms with Gasteiger partial charge in [-0.05, 0) is 38.5 Å². The summed E-state index contributed by atoms with van der Waals surface area (Å²) in [6.45, 7) is 7.33. The highest BCUT2D eigenvalue weighted by atomic mass is 35.5. The van der Waals surface area contributed by atoms with Gasteiger partial charge in [-0.25, -0.2) is 9.18 Å². The highest BCUT2D eigenvalue weighted by Crippen LogP contribution is 2.25. The number of aryl methyl sites for hydroxylation is 1. The zero-order valence-electron chi connectivity index (χ0n) is 13.8. The molecule has 1 aromatic rings. The zero-order valence-corrected chi connectivity index (χ0v) is 14.6. The Bertz CT molecular complexity index is 583. The van der Waals surface area contributed by atoms with E-state index in [1.54, 1.807) is 14.0 Å². The Kier molecular flexibility index (Phi) is 5.84. The smallest absolute Gasteiger partial charge is 0.319 e. The Hall–Kier alpha value is -1.37. The van der Waals surface area contributed by atoms with Crippen molar-refractivity contribution in [2.24, 2.45) is 0 Å². The molecular weight excluding hydrogens is 321 g/mol. The van der Waals surface area contributed by atoms with Gasteiger partial charge in [-0.15, -0.1) is 0 Å². The van der Waals surface area contributed by atoms with Gasteiger partial charge >= 0.3 is 6.03 Å². The number of hydrogen-bond donors (Lipinski definition) is 2. The predicted octanol–water partition coefficient (Wildman–Crippen LogP) is 3.02. The monoisotopic (exact) mass is 343 g/mol. The molecular formula is C16H23ClFN3O2. The maximum Gasteiger partial charge on any atom is 0.319 e. The number of anilines is 1. The summed E-state index contributed by atoms with van der Waals surface area (Å²) in [4.78, 5) is 14.5. The van der Waals surface area contributed by atoms with E-state index >= 15 is 0 Å². The number of carbonyl (C=O) groups is 1. The number of nitrogens with zero attached hydrogens (tertiary/aromatic N) is 1. The van der Waals surface area contributed by atoms with Crippen LogP contribution in [0.3, 0.4) is 0 Å². The molecule has 23 heavy (non-hydrogen) atoms. The van der Waals surface area contributed by atoms with Gasteiger partial charge in [-0.2, -0.15) is 0 Å². The summed E-state index contributed by atoms with van der Waals surface area (Å²) in [5, 5.41) is 5.74. The van der Waals surface area contributed by atoms with E-state index in [1.165, 1.54) is 12.1 Å². The number of methoxy groups -OCH3 is 1. The highest BCUT2D eigenvalue weighted by Gasteiger charge is 2.35. The molecule has 2 rings (SSSR count). The summed E-state index contributed by atoms with van der Waals surface area (Å²) in [6.07, 6.45) is -0.0615. The fourth-order valence-corrected chi connectivity index (χ4v) is 2.88. The van der Waals surface area contributed by atoms with Gasteiger partial charge in [0.25, 0.3) is 0 Å². The molecule has 1 saturated heterocycles. The lowest BCUT2D eigenvalue weighted by Gasteiger charge is -2.20. The fourth-order valence-electron chi connectivity index (χ4n) is 2.68. The second-order valence-electron chi connectivity index (χ2n) is 6.11. The second kappa shape index (κ2) is 7.47. The summed E-state index contributed by atoms with van der Waals surface area (Å²) < 4.78 is 18.9. The number of carbonyl (C=O) groups excluding carboxylic acids is 1. The van der Waals surface area contributed by atoms with Crippen molar-refractivity contribution in [3.63, 3.8) is 0 Å². The van der Waals surface area contributed by atoms with Gasteiger partial charge in [0.1, 0.15) is 5.82 Å². The van der Waals surface area contributed by atoms with Gasteiger partial charge < -0.3 is 15.4 Å². The number of rotatable bonds is 4. The van der Waals surface area contributed by atoms with E-state index in [9.17, 15) is 9.18 Å². The van der Waals surface area contributed by atoms with Gasteiger partial charge in [-0.1, -0.05) is 11.6 Å². The minimum Gasteiger partial charge on any atom is -0.378 e. The van der Waals surface area contributed by atoms with Gasteiger partial charge in [-0.3, -0.25) is 4.90 Å². The molecule has 1 aliphatic rings. The van der Waals surface area contributed by atoms with Crippen molar-refractivity contribution >= 4 is 23.3 Å². The Morgan fingerprint density at radius 2 is 2.13 bits per heavy atom. The largest absolute Gasteiger partial charge is 0.378 e. The van der Waals surface area contributed by atoms with Crippen LogP contribution in [-0.4, -0.2) is 49.3 Å². The van der Waals surface area contributed by atoms with E-state index in [4.69, 9.17) is 16.3 Å². The number of halogens is 2. The van der Waals surface area contributed by atoms with Gasteiger partial charge in [0.05, 0.1) is 22.9 Å². The third-order valence-corrected chi connectivity index (χ3v) is 4.45. The maximum absolute atomic E-state index is 13.4. The number of amides is 2. The van der Waals surface area contributed by atoms with Crippen LogP contribution in [0, 0.1) is 12.7 Å². The van der Waals surface area contributed by atoms with Crippen molar-refractivity contribution < 1.29 is 13.9 Å². The maximum atomic E-state index is 13.4. The Morgan fingerprint density at radius 3 is 2.74 bits per heavy atom. The van der Waals surface area contributed by atoms with Gasteiger partial charge in [0.2, 0.25) is 0 Å². The molecule has 0 aromatic heterocycles. The average molecular weight is 344 g/mol. The lowest BCUT2D eigenvalue weighted by atomic mass is 10.2. The summed E-state index contributed by atoms with van der Waals surface area (Å²) in [5.74, 6) is -0.399. The third-order valence-electron chi connectivity index (χ3n) is 4.14. The predicted molar refractivity (Wildman–Crippen MR) is 89.6 cm³/mol. The Morgan fingerprint density at radius 1 is 1.43 bits per heavy atom. The van der Waals surface area contributed by atoms with Crippen LogP contribution in [0.1, 0.15) is 19.4 Å². The first kappa shape index (κ1) is 18.0. The number of urea groups is 1. The molecule has 1 aromatic carbocycles. The van der Waals surface area contributed by atoms with Crippen LogP contribution in [-0.2, 0) is 4.74 Å². The van der Waals surface area contributed by atoms with Crippen LogP contribution in [0.25, 0.3) is 0 Å². The molecule has 1 aliphatic heterocycles. The number of ether oxygens (including phenoxy) is 1. The van der Waals surface area contributed by atoms with E-state index in [0.29, 0.717) is 17.3 Å². The molecule has 0 saturated carbocycles. The van der Waals surface area contributed by atoms with Crippen molar-refractivity contribution in [3.8, 4) is 0 Å². The van der Waals surface area contributed by atoms with Crippen LogP contribution >= 0.6 is 11.6 Å². The highest BCUT2D eigenvalue weighted by molar-refractivity contribution is 6.33. The Balaban J connectivity index is 2.01. The molecule has 128 valence electrons. The fraction of sp³-hybridized carbons (Fsp3) is 0.562. The molecule has 0 radical (unpaired) electrons. The van der Waals surface area contributed by atoms with Crippen LogP contribution in [0.4, 0.5) is 14.9 Å². The van der Waals surface area contributed by atoms with Crippen molar-refractivity contribution in [1.29, 1.82) is 0 Å². The average Bonchev–Trinajstić information content (AvgIpc) is 2.88. The lowest BCUT2D eigenvalue weighted by Crippen LogP contribution is -2.45. The summed E-state index contributed by atoms with van der Waals surface area (Å²) in [7, 11) is 1.64. The SMILES string of the molecule is COC1CN(C(C)C)CC1NC(=O)Nc1cc(C)c(F)cc1Cl. The topological polar surface area (TPSA) is 53.6 Å². The number of hydrogen-bond acceptors (Lipinski definition) is 3. The first-order valence-electron chi connectivity index (χ1n) is 7.61.